The van der Waals surface area contributed by atoms with Crippen molar-refractivity contribution in [3.8, 4) is 0 Å². The Balaban J connectivity index is 3.25. The molecule has 0 aliphatic rings. The van der Waals surface area contributed by atoms with Crippen molar-refractivity contribution in [3.63, 3.8) is 0 Å². The largest absolute Gasteiger partial charge is 0.433 e. The summed E-state index contributed by atoms with van der Waals surface area (Å²) in [5.41, 5.74) is 0. The first-order valence-corrected chi connectivity index (χ1v) is 2.74. The van der Waals surface area contributed by atoms with Crippen molar-refractivity contribution < 1.29 is 5.02 Å². The molecule has 0 aromatic heterocycles. The number of rotatable bonds is 1. The van der Waals surface area contributed by atoms with Crippen molar-refractivity contribution in [2.24, 2.45) is 0 Å². The molecule has 5 heteroatoms. The van der Waals surface area contributed by atoms with Gasteiger partial charge in [0.1, 0.15) is 0 Å². The summed E-state index contributed by atoms with van der Waals surface area (Å²) in [4.78, 5) is 0. The van der Waals surface area contributed by atoms with Gasteiger partial charge in [-0.2, -0.15) is 0 Å². The molecule has 0 aromatic carbocycles. The zero-order chi connectivity index (χ0) is 6.57. The van der Waals surface area contributed by atoms with Crippen molar-refractivity contribution >= 4 is 24.4 Å². The number of hydrogen-bond donors (Lipinski definition) is 3. The lowest BCUT2D eigenvalue weighted by Crippen LogP contribution is -2.41. The molecule has 0 atom stereocenters. The van der Waals surface area contributed by atoms with E-state index in [-0.39, 0.29) is 0 Å². The van der Waals surface area contributed by atoms with Crippen LogP contribution in [0.2, 0.25) is 6.82 Å². The van der Waals surface area contributed by atoms with E-state index in [1.165, 1.54) is 0 Å². The van der Waals surface area contributed by atoms with Gasteiger partial charge in [0, 0.05) is 7.05 Å². The predicted octanol–water partition coefficient (Wildman–Crippen LogP) is -0.809. The normalized spacial score (nSPS) is 7.88. The number of thiocarbonyl (C=S) groups is 1. The molecular weight excluding hydrogens is 123 g/mol. The molecule has 0 rings (SSSR count). The third-order valence-corrected chi connectivity index (χ3v) is 0.889. The minimum absolute atomic E-state index is 0.458. The molecule has 0 radical (unpaired) electrons. The van der Waals surface area contributed by atoms with Crippen molar-refractivity contribution in [2.45, 2.75) is 6.82 Å². The summed E-state index contributed by atoms with van der Waals surface area (Å²) in [6, 6.07) is 0. The van der Waals surface area contributed by atoms with Crippen LogP contribution in [-0.4, -0.2) is 24.2 Å². The highest BCUT2D eigenvalue weighted by atomic mass is 32.1. The number of hydrogen-bond acceptors (Lipinski definition) is 2. The molecule has 3 nitrogen and oxygen atoms in total. The molecule has 3 N–H and O–H groups in total. The van der Waals surface area contributed by atoms with Gasteiger partial charge in [-0.15, -0.1) is 0 Å². The molecule has 0 spiro atoms. The lowest BCUT2D eigenvalue weighted by molar-refractivity contribution is 0.571. The molecule has 0 aromatic rings. The zero-order valence-corrected chi connectivity index (χ0v) is 5.75. The standard InChI is InChI=1S/C3H9BN2OS/c1-4(7)6-3(8)5-2/h7H,1-2H3,(H2,5,6,8). The van der Waals surface area contributed by atoms with Crippen molar-refractivity contribution in [1.29, 1.82) is 0 Å². The lowest BCUT2D eigenvalue weighted by Gasteiger charge is -2.04. The average Bonchev–Trinajstić information content (AvgIpc) is 1.65. The fraction of sp³-hybridized carbons (Fsp3) is 0.667. The first-order chi connectivity index (χ1) is 3.66. The van der Waals surface area contributed by atoms with E-state index in [0.717, 1.165) is 0 Å². The van der Waals surface area contributed by atoms with Gasteiger partial charge in [0.15, 0.2) is 5.11 Å². The van der Waals surface area contributed by atoms with Crippen LogP contribution in [0.15, 0.2) is 0 Å². The number of nitrogens with one attached hydrogen (secondary N) is 2. The van der Waals surface area contributed by atoms with Crippen LogP contribution in [0.5, 0.6) is 0 Å². The van der Waals surface area contributed by atoms with Crippen molar-refractivity contribution in [1.82, 2.24) is 10.5 Å². The molecule has 0 heterocycles. The van der Waals surface area contributed by atoms with Gasteiger partial charge in [-0.1, -0.05) is 0 Å². The van der Waals surface area contributed by atoms with Gasteiger partial charge in [0.25, 0.3) is 0 Å². The van der Waals surface area contributed by atoms with Gasteiger partial charge < -0.3 is 15.6 Å². The van der Waals surface area contributed by atoms with E-state index in [4.69, 9.17) is 5.02 Å². The molecule has 0 saturated heterocycles. The van der Waals surface area contributed by atoms with Crippen LogP contribution in [-0.2, 0) is 0 Å². The third-order valence-electron chi connectivity index (χ3n) is 0.567. The Bertz CT molecular complexity index is 87.4. The van der Waals surface area contributed by atoms with Gasteiger partial charge in [-0.3, -0.25) is 0 Å². The summed E-state index contributed by atoms with van der Waals surface area (Å²) < 4.78 is 0. The van der Waals surface area contributed by atoms with Crippen LogP contribution in [0.4, 0.5) is 0 Å². The fourth-order valence-electron chi connectivity index (χ4n) is 0.262. The van der Waals surface area contributed by atoms with Crippen LogP contribution in [0.3, 0.4) is 0 Å². The Morgan fingerprint density at radius 3 is 2.38 bits per heavy atom. The summed E-state index contributed by atoms with van der Waals surface area (Å²) in [6.45, 7) is 1.60. The zero-order valence-electron chi connectivity index (χ0n) is 4.93. The van der Waals surface area contributed by atoms with Crippen LogP contribution in [0.1, 0.15) is 0 Å². The Labute approximate surface area is 54.6 Å². The second-order valence-corrected chi connectivity index (χ2v) is 1.81. The minimum atomic E-state index is -0.574. The molecule has 0 fully saturated rings. The Hall–Kier alpha value is -0.285. The summed E-state index contributed by atoms with van der Waals surface area (Å²) in [7, 11) is 1.12. The minimum Gasteiger partial charge on any atom is -0.433 e. The van der Waals surface area contributed by atoms with Gasteiger partial charge in [-0.05, 0) is 19.0 Å². The monoisotopic (exact) mass is 132 g/mol. The topological polar surface area (TPSA) is 44.3 Å². The van der Waals surface area contributed by atoms with Crippen LogP contribution in [0, 0.1) is 0 Å². The summed E-state index contributed by atoms with van der Waals surface area (Å²) in [5.74, 6) is 0. The van der Waals surface area contributed by atoms with E-state index in [0.29, 0.717) is 5.11 Å². The molecular formula is C3H9BN2OS. The van der Waals surface area contributed by atoms with Gasteiger partial charge in [0.2, 0.25) is 0 Å². The highest BCUT2D eigenvalue weighted by Crippen LogP contribution is 1.65. The predicted molar refractivity (Wildman–Crippen MR) is 38.6 cm³/mol. The molecule has 0 bridgehead atoms. The molecule has 8 heavy (non-hydrogen) atoms. The van der Waals surface area contributed by atoms with E-state index >= 15 is 0 Å². The van der Waals surface area contributed by atoms with E-state index in [2.05, 4.69) is 22.8 Å². The maximum Gasteiger partial charge on any atom is 0.408 e. The molecule has 0 unspecified atom stereocenters. The van der Waals surface area contributed by atoms with E-state index < -0.39 is 7.05 Å². The van der Waals surface area contributed by atoms with Crippen molar-refractivity contribution in [3.05, 3.63) is 0 Å². The van der Waals surface area contributed by atoms with Crippen LogP contribution in [0.25, 0.3) is 0 Å². The van der Waals surface area contributed by atoms with Gasteiger partial charge >= 0.3 is 7.05 Å². The lowest BCUT2D eigenvalue weighted by atomic mass is 9.90. The average molecular weight is 132 g/mol. The molecule has 46 valence electrons. The SMILES string of the molecule is CNC(=S)NB(C)O. The second-order valence-electron chi connectivity index (χ2n) is 1.40. The Kier molecular flexibility index (Phi) is 3.55. The summed E-state index contributed by atoms with van der Waals surface area (Å²) in [5, 5.41) is 14.3. The third kappa shape index (κ3) is 3.89. The maximum atomic E-state index is 8.62. The van der Waals surface area contributed by atoms with Crippen LogP contribution < -0.4 is 10.5 Å². The summed E-state index contributed by atoms with van der Waals surface area (Å²) >= 11 is 4.65. The highest BCUT2D eigenvalue weighted by molar-refractivity contribution is 7.80. The molecule has 0 aliphatic carbocycles. The second kappa shape index (κ2) is 3.68. The van der Waals surface area contributed by atoms with E-state index in [1.807, 2.05) is 0 Å². The highest BCUT2D eigenvalue weighted by Gasteiger charge is 2.00. The van der Waals surface area contributed by atoms with Crippen LogP contribution >= 0.6 is 12.2 Å². The first kappa shape index (κ1) is 7.71. The smallest absolute Gasteiger partial charge is 0.408 e. The van der Waals surface area contributed by atoms with Gasteiger partial charge in [-0.25, -0.2) is 0 Å². The Morgan fingerprint density at radius 1 is 1.75 bits per heavy atom. The van der Waals surface area contributed by atoms with E-state index in [9.17, 15) is 0 Å². The molecule has 0 amide bonds. The molecule has 0 aliphatic heterocycles. The first-order valence-electron chi connectivity index (χ1n) is 2.33. The fourth-order valence-corrected chi connectivity index (χ4v) is 0.432. The quantitative estimate of drug-likeness (QED) is 0.322. The summed E-state index contributed by atoms with van der Waals surface area (Å²) in [6.07, 6.45) is 0. The van der Waals surface area contributed by atoms with Crippen molar-refractivity contribution in [2.75, 3.05) is 7.05 Å². The van der Waals surface area contributed by atoms with Gasteiger partial charge in [0.05, 0.1) is 0 Å². The molecule has 0 saturated carbocycles. The maximum absolute atomic E-state index is 8.62. The van der Waals surface area contributed by atoms with E-state index in [1.54, 1.807) is 13.9 Å². The Morgan fingerprint density at radius 2 is 2.25 bits per heavy atom.